The van der Waals surface area contributed by atoms with Crippen molar-refractivity contribution in [3.05, 3.63) is 47.6 Å². The maximum atomic E-state index is 12.6. The van der Waals surface area contributed by atoms with Gasteiger partial charge in [-0.2, -0.15) is 0 Å². The number of nitrogens with zero attached hydrogens (tertiary/aromatic N) is 3. The van der Waals surface area contributed by atoms with Crippen molar-refractivity contribution >= 4 is 12.4 Å². The van der Waals surface area contributed by atoms with Gasteiger partial charge in [0.1, 0.15) is 11.9 Å². The Bertz CT molecular complexity index is 897. The Labute approximate surface area is 186 Å². The van der Waals surface area contributed by atoms with Crippen molar-refractivity contribution in [2.75, 3.05) is 19.7 Å². The highest BCUT2D eigenvalue weighted by Gasteiger charge is 2.53. The van der Waals surface area contributed by atoms with Gasteiger partial charge in [-0.15, -0.1) is 0 Å². The second-order valence-electron chi connectivity index (χ2n) is 8.46. The Morgan fingerprint density at radius 3 is 2.66 bits per heavy atom. The number of aryl methyl sites for hydroxylation is 1. The Morgan fingerprint density at radius 2 is 2.06 bits per heavy atom. The zero-order valence-electron chi connectivity index (χ0n) is 18.4. The van der Waals surface area contributed by atoms with E-state index in [1.54, 1.807) is 19.2 Å². The molecular formula is C22H30N4O6. The second-order valence-corrected chi connectivity index (χ2v) is 8.46. The lowest BCUT2D eigenvalue weighted by Gasteiger charge is -2.53. The largest absolute Gasteiger partial charge is 0.483 e. The first-order chi connectivity index (χ1) is 15.3. The van der Waals surface area contributed by atoms with Crippen LogP contribution in [0.3, 0.4) is 0 Å². The minimum absolute atomic E-state index is 0.224. The molecule has 2 aromatic rings. The minimum atomic E-state index is -0.808. The predicted molar refractivity (Wildman–Crippen MR) is 114 cm³/mol. The molecule has 4 heterocycles. The number of likely N-dealkylation sites (tertiary alicyclic amines) is 1. The van der Waals surface area contributed by atoms with Crippen LogP contribution in [0.5, 0.6) is 0 Å². The van der Waals surface area contributed by atoms with E-state index in [9.17, 15) is 9.90 Å². The van der Waals surface area contributed by atoms with Crippen molar-refractivity contribution in [2.45, 2.75) is 56.9 Å². The number of aliphatic hydroxyl groups excluding tert-OH is 1. The van der Waals surface area contributed by atoms with Gasteiger partial charge in [-0.1, -0.05) is 11.2 Å². The number of ether oxygens (including phenoxy) is 1. The highest BCUT2D eigenvalue weighted by atomic mass is 16.5. The van der Waals surface area contributed by atoms with Crippen LogP contribution in [0.1, 0.15) is 48.1 Å². The number of carboxylic acid groups (broad SMARTS) is 1. The summed E-state index contributed by atoms with van der Waals surface area (Å²) in [6.07, 6.45) is 2.94. The number of aromatic nitrogens is 2. The summed E-state index contributed by atoms with van der Waals surface area (Å²) in [5.41, 5.74) is -0.179. The molecule has 0 radical (unpaired) electrons. The third-order valence-corrected chi connectivity index (χ3v) is 6.19. The minimum Gasteiger partial charge on any atom is -0.483 e. The number of nitrogens with one attached hydrogen (secondary N) is 1. The van der Waals surface area contributed by atoms with Gasteiger partial charge in [0.15, 0.2) is 5.69 Å². The van der Waals surface area contributed by atoms with Crippen LogP contribution in [0.4, 0.5) is 0 Å². The predicted octanol–water partition coefficient (Wildman–Crippen LogP) is 1.38. The Balaban J connectivity index is 0.000000913. The van der Waals surface area contributed by atoms with Gasteiger partial charge in [0, 0.05) is 38.5 Å². The average molecular weight is 447 g/mol. The Morgan fingerprint density at radius 1 is 1.34 bits per heavy atom. The van der Waals surface area contributed by atoms with Crippen LogP contribution in [-0.4, -0.2) is 74.6 Å². The molecule has 32 heavy (non-hydrogen) atoms. The topological polar surface area (TPSA) is 138 Å². The van der Waals surface area contributed by atoms with Gasteiger partial charge in [0.05, 0.1) is 16.8 Å². The van der Waals surface area contributed by atoms with Crippen LogP contribution in [0.2, 0.25) is 0 Å². The van der Waals surface area contributed by atoms with Crippen LogP contribution in [0, 0.1) is 6.92 Å². The lowest BCUT2D eigenvalue weighted by atomic mass is 9.73. The fourth-order valence-corrected chi connectivity index (χ4v) is 4.42. The Kier molecular flexibility index (Phi) is 7.60. The number of aliphatic hydroxyl groups is 1. The second kappa shape index (κ2) is 10.2. The van der Waals surface area contributed by atoms with Crippen molar-refractivity contribution in [3.63, 3.8) is 0 Å². The highest BCUT2D eigenvalue weighted by Crippen LogP contribution is 2.40. The number of piperidine rings is 1. The van der Waals surface area contributed by atoms with Crippen LogP contribution in [-0.2, 0) is 16.1 Å². The van der Waals surface area contributed by atoms with Crippen LogP contribution < -0.4 is 5.32 Å². The number of carbonyl (C=O) groups is 2. The van der Waals surface area contributed by atoms with E-state index in [0.29, 0.717) is 31.6 Å². The summed E-state index contributed by atoms with van der Waals surface area (Å²) in [4.78, 5) is 27.7. The highest BCUT2D eigenvalue weighted by molar-refractivity contribution is 5.92. The third kappa shape index (κ3) is 5.32. The van der Waals surface area contributed by atoms with E-state index in [-0.39, 0.29) is 18.1 Å². The number of hydrogen-bond donors (Lipinski definition) is 3. The maximum absolute atomic E-state index is 12.6. The molecule has 0 saturated carbocycles. The molecule has 0 aliphatic carbocycles. The molecule has 4 rings (SSSR count). The summed E-state index contributed by atoms with van der Waals surface area (Å²) in [6, 6.07) is 7.52. The number of rotatable bonds is 4. The van der Waals surface area contributed by atoms with Crippen molar-refractivity contribution in [3.8, 4) is 0 Å². The van der Waals surface area contributed by atoms with Gasteiger partial charge in [-0.05, 0) is 45.2 Å². The standard InChI is InChI=1S/C21H28N4O4.CH2O2/c1-15-13-17(24-29-15)18(26)23-20(2)8-12-28-21(19(20)27)6-10-25(11-7-21)14-16-5-3-4-9-22-16;2-1-3/h3-5,9,13,19,27H,6-8,10-12,14H2,1-2H3,(H,23,26);1H,(H,2,3)/t19-,20+;/m1./s1. The first-order valence-corrected chi connectivity index (χ1v) is 10.6. The summed E-state index contributed by atoms with van der Waals surface area (Å²) in [6.45, 7) is 6.26. The molecule has 0 aromatic carbocycles. The van der Waals surface area contributed by atoms with E-state index in [0.717, 1.165) is 25.3 Å². The van der Waals surface area contributed by atoms with E-state index in [1.807, 2.05) is 25.1 Å². The van der Waals surface area contributed by atoms with Gasteiger partial charge >= 0.3 is 0 Å². The molecule has 1 spiro atoms. The molecule has 0 unspecified atom stereocenters. The molecule has 174 valence electrons. The van der Waals surface area contributed by atoms with Gasteiger partial charge in [-0.3, -0.25) is 19.5 Å². The van der Waals surface area contributed by atoms with Crippen molar-refractivity contribution in [1.82, 2.24) is 20.4 Å². The molecular weight excluding hydrogens is 416 g/mol. The Hall–Kier alpha value is -2.82. The molecule has 2 aromatic heterocycles. The summed E-state index contributed by atoms with van der Waals surface area (Å²) >= 11 is 0. The van der Waals surface area contributed by atoms with E-state index in [1.165, 1.54) is 0 Å². The van der Waals surface area contributed by atoms with Crippen molar-refractivity contribution in [2.24, 2.45) is 0 Å². The van der Waals surface area contributed by atoms with Gasteiger partial charge < -0.3 is 24.8 Å². The monoisotopic (exact) mass is 446 g/mol. The summed E-state index contributed by atoms with van der Waals surface area (Å²) in [5, 5.41) is 24.9. The first-order valence-electron chi connectivity index (χ1n) is 10.6. The van der Waals surface area contributed by atoms with Gasteiger partial charge in [0.25, 0.3) is 12.4 Å². The van der Waals surface area contributed by atoms with Crippen molar-refractivity contribution in [1.29, 1.82) is 0 Å². The van der Waals surface area contributed by atoms with Crippen LogP contribution >= 0.6 is 0 Å². The zero-order chi connectivity index (χ0) is 23.2. The van der Waals surface area contributed by atoms with Gasteiger partial charge in [0.2, 0.25) is 0 Å². The molecule has 0 bridgehead atoms. The summed E-state index contributed by atoms with van der Waals surface area (Å²) in [5.74, 6) is 0.234. The van der Waals surface area contributed by atoms with E-state index in [4.69, 9.17) is 19.2 Å². The number of carbonyl (C=O) groups excluding carboxylic acids is 1. The summed E-state index contributed by atoms with van der Waals surface area (Å²) in [7, 11) is 0. The molecule has 2 atom stereocenters. The number of pyridine rings is 1. The smallest absolute Gasteiger partial charge is 0.290 e. The molecule has 2 fully saturated rings. The quantitative estimate of drug-likeness (QED) is 0.595. The average Bonchev–Trinajstić information content (AvgIpc) is 3.22. The molecule has 2 saturated heterocycles. The van der Waals surface area contributed by atoms with Crippen LogP contribution in [0.25, 0.3) is 0 Å². The molecule has 2 aliphatic rings. The fraction of sp³-hybridized carbons (Fsp3) is 0.545. The van der Waals surface area contributed by atoms with E-state index < -0.39 is 17.2 Å². The van der Waals surface area contributed by atoms with Gasteiger partial charge in [-0.25, -0.2) is 0 Å². The maximum Gasteiger partial charge on any atom is 0.290 e. The molecule has 1 amide bonds. The van der Waals surface area contributed by atoms with Crippen molar-refractivity contribution < 1.29 is 29.1 Å². The van der Waals surface area contributed by atoms with E-state index >= 15 is 0 Å². The van der Waals surface area contributed by atoms with Crippen LogP contribution in [0.15, 0.2) is 35.0 Å². The molecule has 10 nitrogen and oxygen atoms in total. The number of hydrogen-bond acceptors (Lipinski definition) is 8. The third-order valence-electron chi connectivity index (χ3n) is 6.19. The lowest BCUT2D eigenvalue weighted by Crippen LogP contribution is -2.69. The fourth-order valence-electron chi connectivity index (χ4n) is 4.42. The van der Waals surface area contributed by atoms with E-state index in [2.05, 4.69) is 20.4 Å². The zero-order valence-corrected chi connectivity index (χ0v) is 18.4. The number of amides is 1. The normalized spacial score (nSPS) is 24.9. The molecule has 2 aliphatic heterocycles. The first kappa shape index (κ1) is 23.8. The molecule has 3 N–H and O–H groups in total. The molecule has 10 heteroatoms. The SMILES string of the molecule is Cc1cc(C(=O)N[C@@]2(C)CCOC3(CCN(Cc4ccccn4)CC3)[C@@H]2O)no1.O=CO. The summed E-state index contributed by atoms with van der Waals surface area (Å²) < 4.78 is 11.1. The lowest BCUT2D eigenvalue weighted by molar-refractivity contribution is -0.206.